The van der Waals surface area contributed by atoms with E-state index < -0.39 is 0 Å². The summed E-state index contributed by atoms with van der Waals surface area (Å²) in [5.41, 5.74) is 3.37. The minimum Gasteiger partial charge on any atom is -0.313 e. The highest BCUT2D eigenvalue weighted by atomic mass is 16.1. The van der Waals surface area contributed by atoms with Gasteiger partial charge in [-0.05, 0) is 30.3 Å². The van der Waals surface area contributed by atoms with Gasteiger partial charge in [0.1, 0.15) is 6.33 Å². The van der Waals surface area contributed by atoms with Crippen LogP contribution in [0.2, 0.25) is 0 Å². The molecule has 5 nitrogen and oxygen atoms in total. The summed E-state index contributed by atoms with van der Waals surface area (Å²) >= 11 is 0. The molecule has 4 rings (SSSR count). The lowest BCUT2D eigenvalue weighted by atomic mass is 10.2. The van der Waals surface area contributed by atoms with E-state index >= 15 is 0 Å². The Morgan fingerprint density at radius 1 is 1.00 bits per heavy atom. The van der Waals surface area contributed by atoms with Crippen LogP contribution >= 0.6 is 0 Å². The first-order chi connectivity index (χ1) is 9.83. The largest absolute Gasteiger partial charge is 0.313 e. The zero-order valence-corrected chi connectivity index (χ0v) is 10.4. The summed E-state index contributed by atoms with van der Waals surface area (Å²) in [6.07, 6.45) is 3.17. The molecule has 0 saturated carbocycles. The molecule has 0 unspecified atom stereocenters. The number of para-hydroxylation sites is 2. The fourth-order valence-corrected chi connectivity index (χ4v) is 2.37. The normalized spacial score (nSPS) is 11.2. The average Bonchev–Trinajstić information content (AvgIpc) is 2.91. The minimum atomic E-state index is -0.138. The number of H-pyrrole nitrogens is 1. The van der Waals surface area contributed by atoms with Gasteiger partial charge in [0.15, 0.2) is 0 Å². The van der Waals surface area contributed by atoms with Crippen LogP contribution in [-0.4, -0.2) is 19.5 Å². The molecular weight excluding hydrogens is 252 g/mol. The number of rotatable bonds is 1. The van der Waals surface area contributed by atoms with Crippen LogP contribution in [-0.2, 0) is 0 Å². The third kappa shape index (κ3) is 1.53. The third-order valence-electron chi connectivity index (χ3n) is 3.36. The maximum Gasteiger partial charge on any atom is 0.258 e. The Balaban J connectivity index is 2.03. The summed E-state index contributed by atoms with van der Waals surface area (Å²) in [6.45, 7) is 0. The van der Waals surface area contributed by atoms with Crippen LogP contribution in [0, 0.1) is 0 Å². The van der Waals surface area contributed by atoms with Gasteiger partial charge in [-0.15, -0.1) is 0 Å². The number of aromatic nitrogens is 4. The van der Waals surface area contributed by atoms with Crippen molar-refractivity contribution < 1.29 is 0 Å². The molecule has 0 spiro atoms. The lowest BCUT2D eigenvalue weighted by Crippen LogP contribution is -2.06. The smallest absolute Gasteiger partial charge is 0.258 e. The van der Waals surface area contributed by atoms with Gasteiger partial charge < -0.3 is 4.98 Å². The molecule has 5 heteroatoms. The van der Waals surface area contributed by atoms with E-state index in [9.17, 15) is 4.79 Å². The van der Waals surface area contributed by atoms with Gasteiger partial charge in [0, 0.05) is 5.69 Å². The Labute approximate surface area is 113 Å². The molecule has 1 N–H and O–H groups in total. The molecule has 0 saturated heterocycles. The summed E-state index contributed by atoms with van der Waals surface area (Å²) in [6, 6.07) is 13.5. The Morgan fingerprint density at radius 3 is 2.85 bits per heavy atom. The molecule has 0 aliphatic carbocycles. The second kappa shape index (κ2) is 4.03. The van der Waals surface area contributed by atoms with Crippen LogP contribution in [0.25, 0.3) is 27.6 Å². The van der Waals surface area contributed by atoms with E-state index in [1.807, 2.05) is 47.0 Å². The summed E-state index contributed by atoms with van der Waals surface area (Å²) in [4.78, 5) is 22.9. The van der Waals surface area contributed by atoms with E-state index in [1.54, 1.807) is 6.33 Å². The monoisotopic (exact) mass is 262 g/mol. The summed E-state index contributed by atoms with van der Waals surface area (Å²) < 4.78 is 1.96. The number of aromatic amines is 1. The topological polar surface area (TPSA) is 63.6 Å². The quantitative estimate of drug-likeness (QED) is 0.572. The molecule has 20 heavy (non-hydrogen) atoms. The maximum atomic E-state index is 11.8. The van der Waals surface area contributed by atoms with Gasteiger partial charge in [-0.1, -0.05) is 12.1 Å². The molecule has 0 aliphatic heterocycles. The number of nitrogens with one attached hydrogen (secondary N) is 1. The Bertz CT molecular complexity index is 984. The first kappa shape index (κ1) is 10.9. The van der Waals surface area contributed by atoms with Crippen LogP contribution in [0.5, 0.6) is 0 Å². The van der Waals surface area contributed by atoms with Crippen molar-refractivity contribution in [2.45, 2.75) is 0 Å². The molecule has 2 aromatic carbocycles. The SMILES string of the molecule is O=c1[nH]cnc2ccc(-n3cnc4ccccc43)cc12. The first-order valence-corrected chi connectivity index (χ1v) is 6.23. The number of imidazole rings is 1. The zero-order chi connectivity index (χ0) is 13.5. The van der Waals surface area contributed by atoms with Crippen molar-refractivity contribution in [1.82, 2.24) is 19.5 Å². The molecule has 0 aliphatic rings. The van der Waals surface area contributed by atoms with Crippen LogP contribution in [0.1, 0.15) is 0 Å². The van der Waals surface area contributed by atoms with Gasteiger partial charge in [-0.2, -0.15) is 0 Å². The predicted octanol–water partition coefficient (Wildman–Crippen LogP) is 2.26. The van der Waals surface area contributed by atoms with Crippen molar-refractivity contribution in [3.63, 3.8) is 0 Å². The molecule has 4 aromatic rings. The number of hydrogen-bond donors (Lipinski definition) is 1. The van der Waals surface area contributed by atoms with E-state index in [0.29, 0.717) is 10.9 Å². The van der Waals surface area contributed by atoms with Gasteiger partial charge in [-0.3, -0.25) is 9.36 Å². The van der Waals surface area contributed by atoms with E-state index in [1.165, 1.54) is 6.33 Å². The Kier molecular flexibility index (Phi) is 2.20. The van der Waals surface area contributed by atoms with Crippen molar-refractivity contribution >= 4 is 21.9 Å². The molecule has 0 bridgehead atoms. The molecule has 0 radical (unpaired) electrons. The number of benzene rings is 2. The van der Waals surface area contributed by atoms with E-state index in [2.05, 4.69) is 15.0 Å². The fourth-order valence-electron chi connectivity index (χ4n) is 2.37. The van der Waals surface area contributed by atoms with Gasteiger partial charge >= 0.3 is 0 Å². The Morgan fingerprint density at radius 2 is 1.90 bits per heavy atom. The van der Waals surface area contributed by atoms with Crippen LogP contribution < -0.4 is 5.56 Å². The highest BCUT2D eigenvalue weighted by Gasteiger charge is 2.06. The van der Waals surface area contributed by atoms with Gasteiger partial charge in [0.05, 0.1) is 28.3 Å². The van der Waals surface area contributed by atoms with E-state index in [4.69, 9.17) is 0 Å². The lowest BCUT2D eigenvalue weighted by molar-refractivity contribution is 1.09. The van der Waals surface area contributed by atoms with E-state index in [-0.39, 0.29) is 5.56 Å². The van der Waals surface area contributed by atoms with Crippen molar-refractivity contribution in [3.05, 3.63) is 65.5 Å². The van der Waals surface area contributed by atoms with Crippen LogP contribution in [0.3, 0.4) is 0 Å². The first-order valence-electron chi connectivity index (χ1n) is 6.23. The molecule has 96 valence electrons. The van der Waals surface area contributed by atoms with Crippen LogP contribution in [0.15, 0.2) is 59.9 Å². The number of fused-ring (bicyclic) bond motifs is 2. The zero-order valence-electron chi connectivity index (χ0n) is 10.4. The van der Waals surface area contributed by atoms with Crippen molar-refractivity contribution in [2.75, 3.05) is 0 Å². The second-order valence-corrected chi connectivity index (χ2v) is 4.54. The number of hydrogen-bond acceptors (Lipinski definition) is 3. The van der Waals surface area contributed by atoms with Gasteiger partial charge in [0.25, 0.3) is 5.56 Å². The fraction of sp³-hybridized carbons (Fsp3) is 0. The highest BCUT2D eigenvalue weighted by molar-refractivity contribution is 5.82. The number of nitrogens with zero attached hydrogens (tertiary/aromatic N) is 3. The van der Waals surface area contributed by atoms with Gasteiger partial charge in [0.2, 0.25) is 0 Å². The van der Waals surface area contributed by atoms with Gasteiger partial charge in [-0.25, -0.2) is 9.97 Å². The predicted molar refractivity (Wildman–Crippen MR) is 77.0 cm³/mol. The summed E-state index contributed by atoms with van der Waals surface area (Å²) in [7, 11) is 0. The van der Waals surface area contributed by atoms with E-state index in [0.717, 1.165) is 16.7 Å². The summed E-state index contributed by atoms with van der Waals surface area (Å²) in [5, 5.41) is 0.572. The molecular formula is C15H10N4O. The third-order valence-corrected chi connectivity index (χ3v) is 3.36. The Hall–Kier alpha value is -2.95. The minimum absolute atomic E-state index is 0.138. The molecule has 0 fully saturated rings. The highest BCUT2D eigenvalue weighted by Crippen LogP contribution is 2.19. The van der Waals surface area contributed by atoms with Crippen molar-refractivity contribution in [2.24, 2.45) is 0 Å². The van der Waals surface area contributed by atoms with Crippen LogP contribution in [0.4, 0.5) is 0 Å². The average molecular weight is 262 g/mol. The molecule has 2 heterocycles. The molecule has 0 atom stereocenters. The van der Waals surface area contributed by atoms with Crippen molar-refractivity contribution in [3.8, 4) is 5.69 Å². The maximum absolute atomic E-state index is 11.8. The summed E-state index contributed by atoms with van der Waals surface area (Å²) in [5.74, 6) is 0. The molecule has 0 amide bonds. The standard InChI is InChI=1S/C15H10N4O/c20-15-11-7-10(5-6-12(11)16-8-17-15)19-9-18-13-3-1-2-4-14(13)19/h1-9H,(H,16,17,20). The second-order valence-electron chi connectivity index (χ2n) is 4.54. The van der Waals surface area contributed by atoms with Crippen molar-refractivity contribution in [1.29, 1.82) is 0 Å². The lowest BCUT2D eigenvalue weighted by Gasteiger charge is -2.05. The molecule has 2 aromatic heterocycles.